The van der Waals surface area contributed by atoms with Crippen LogP contribution in [-0.4, -0.2) is 38.2 Å². The van der Waals surface area contributed by atoms with Gasteiger partial charge >= 0.3 is 0 Å². The molecule has 204 valence electrons. The van der Waals surface area contributed by atoms with Crippen molar-refractivity contribution < 1.29 is 9.53 Å². The first-order valence-corrected chi connectivity index (χ1v) is 14.3. The molecule has 1 N–H and O–H groups in total. The summed E-state index contributed by atoms with van der Waals surface area (Å²) < 4.78 is 5.20. The average Bonchev–Trinajstić information content (AvgIpc) is 3.62. The lowest BCUT2D eigenvalue weighted by Crippen LogP contribution is -2.13. The maximum atomic E-state index is 13.1. The highest BCUT2D eigenvalue weighted by molar-refractivity contribution is 7.10. The van der Waals surface area contributed by atoms with Crippen molar-refractivity contribution in [1.82, 2.24) is 25.2 Å². The van der Waals surface area contributed by atoms with Crippen LogP contribution in [0.5, 0.6) is 5.75 Å². The number of benzene rings is 3. The Labute approximate surface area is 242 Å². The Kier molecular flexibility index (Phi) is 7.56. The first-order valence-electron chi connectivity index (χ1n) is 13.5. The number of anilines is 1. The Morgan fingerprint density at radius 3 is 2.61 bits per heavy atom. The third kappa shape index (κ3) is 6.03. The van der Waals surface area contributed by atoms with Crippen LogP contribution in [0.25, 0.3) is 11.4 Å². The molecular weight excluding hydrogens is 532 g/mol. The summed E-state index contributed by atoms with van der Waals surface area (Å²) in [6, 6.07) is 20.7. The lowest BCUT2D eigenvalue weighted by molar-refractivity contribution is 0.102. The highest BCUT2D eigenvalue weighted by Gasteiger charge is 2.21. The van der Waals surface area contributed by atoms with Gasteiger partial charge in [-0.25, -0.2) is 4.98 Å². The third-order valence-corrected chi connectivity index (χ3v) is 8.04. The van der Waals surface area contributed by atoms with E-state index in [4.69, 9.17) is 9.72 Å². The molecule has 2 aromatic heterocycles. The van der Waals surface area contributed by atoms with Gasteiger partial charge in [-0.2, -0.15) is 4.80 Å². The normalized spacial score (nSPS) is 12.7. The molecule has 1 amide bonds. The molecule has 0 saturated heterocycles. The first kappa shape index (κ1) is 26.4. The maximum Gasteiger partial charge on any atom is 0.255 e. The number of rotatable bonds is 7. The van der Waals surface area contributed by atoms with Gasteiger partial charge in [-0.15, -0.1) is 21.5 Å². The smallest absolute Gasteiger partial charge is 0.255 e. The van der Waals surface area contributed by atoms with Crippen LogP contribution < -0.4 is 10.1 Å². The number of tetrazole rings is 1. The van der Waals surface area contributed by atoms with Crippen molar-refractivity contribution in [1.29, 1.82) is 0 Å². The molecule has 41 heavy (non-hydrogen) atoms. The highest BCUT2D eigenvalue weighted by Crippen LogP contribution is 2.36. The fraction of sp³-hybridized carbons (Fsp3) is 0.219. The lowest BCUT2D eigenvalue weighted by atomic mass is 9.83. The van der Waals surface area contributed by atoms with Gasteiger partial charge in [0.25, 0.3) is 5.91 Å². The quantitative estimate of drug-likeness (QED) is 0.242. The van der Waals surface area contributed by atoms with E-state index in [1.54, 1.807) is 23.2 Å². The third-order valence-electron chi connectivity index (χ3n) is 7.26. The summed E-state index contributed by atoms with van der Waals surface area (Å²) in [4.78, 5) is 19.4. The van der Waals surface area contributed by atoms with Gasteiger partial charge in [0.05, 0.1) is 19.3 Å². The van der Waals surface area contributed by atoms with E-state index in [-0.39, 0.29) is 5.91 Å². The predicted octanol–water partition coefficient (Wildman–Crippen LogP) is 6.08. The standard InChI is InChI=1S/C32H28N6O2S/c1-21-23(13-18-30-34-29(20-41-30)24-6-3-7-24)5-4-8-28(21)32(39)33-26-14-11-25(12-15-26)31-35-37-38(36-31)19-22-9-16-27(40-2)17-10-22/h4-5,8-12,14-17,20,24H,3,6-7,19H2,1-2H3,(H,33,39). The van der Waals surface area contributed by atoms with Crippen LogP contribution in [0.15, 0.2) is 72.1 Å². The second-order valence-corrected chi connectivity index (χ2v) is 10.8. The second-order valence-electron chi connectivity index (χ2n) is 9.96. The summed E-state index contributed by atoms with van der Waals surface area (Å²) in [6.45, 7) is 2.42. The van der Waals surface area contributed by atoms with E-state index in [1.165, 1.54) is 19.3 Å². The van der Waals surface area contributed by atoms with Crippen molar-refractivity contribution in [2.45, 2.75) is 38.6 Å². The van der Waals surface area contributed by atoms with Crippen LogP contribution in [0.1, 0.15) is 62.9 Å². The topological polar surface area (TPSA) is 94.8 Å². The van der Waals surface area contributed by atoms with Gasteiger partial charge in [-0.05, 0) is 90.6 Å². The number of ether oxygens (including phenoxy) is 1. The molecule has 8 nitrogen and oxygen atoms in total. The molecule has 0 unspecified atom stereocenters. The number of aromatic nitrogens is 5. The highest BCUT2D eigenvalue weighted by atomic mass is 32.1. The van der Waals surface area contributed by atoms with Crippen LogP contribution >= 0.6 is 11.3 Å². The number of hydrogen-bond acceptors (Lipinski definition) is 7. The molecule has 3 aromatic carbocycles. The van der Waals surface area contributed by atoms with Crippen LogP contribution in [0.4, 0.5) is 5.69 Å². The number of hydrogen-bond donors (Lipinski definition) is 1. The average molecular weight is 561 g/mol. The van der Waals surface area contributed by atoms with Gasteiger partial charge in [-0.3, -0.25) is 4.79 Å². The van der Waals surface area contributed by atoms with Crippen molar-refractivity contribution in [3.63, 3.8) is 0 Å². The van der Waals surface area contributed by atoms with Crippen molar-refractivity contribution in [3.05, 3.63) is 105 Å². The van der Waals surface area contributed by atoms with E-state index in [9.17, 15) is 4.79 Å². The Morgan fingerprint density at radius 1 is 1.07 bits per heavy atom. The summed E-state index contributed by atoms with van der Waals surface area (Å²) in [7, 11) is 1.64. The largest absolute Gasteiger partial charge is 0.497 e. The van der Waals surface area contributed by atoms with E-state index < -0.39 is 0 Å². The van der Waals surface area contributed by atoms with Gasteiger partial charge < -0.3 is 10.1 Å². The van der Waals surface area contributed by atoms with E-state index in [1.807, 2.05) is 73.7 Å². The van der Waals surface area contributed by atoms with E-state index in [0.717, 1.165) is 38.7 Å². The van der Waals surface area contributed by atoms with Crippen LogP contribution in [0, 0.1) is 18.8 Å². The van der Waals surface area contributed by atoms with Gasteiger partial charge in [0.15, 0.2) is 5.01 Å². The molecule has 0 atom stereocenters. The minimum absolute atomic E-state index is 0.191. The molecule has 0 aliphatic heterocycles. The summed E-state index contributed by atoms with van der Waals surface area (Å²) in [6.07, 6.45) is 3.73. The summed E-state index contributed by atoms with van der Waals surface area (Å²) in [5.74, 6) is 8.12. The zero-order valence-electron chi connectivity index (χ0n) is 22.8. The predicted molar refractivity (Wildman–Crippen MR) is 159 cm³/mol. The Balaban J connectivity index is 1.10. The second kappa shape index (κ2) is 11.7. The molecule has 0 radical (unpaired) electrons. The minimum Gasteiger partial charge on any atom is -0.497 e. The van der Waals surface area contributed by atoms with Crippen molar-refractivity contribution in [3.8, 4) is 29.0 Å². The molecule has 9 heteroatoms. The van der Waals surface area contributed by atoms with Crippen LogP contribution in [-0.2, 0) is 6.54 Å². The fourth-order valence-corrected chi connectivity index (χ4v) is 5.34. The Hall–Kier alpha value is -4.81. The zero-order chi connectivity index (χ0) is 28.2. The van der Waals surface area contributed by atoms with E-state index in [0.29, 0.717) is 29.5 Å². The van der Waals surface area contributed by atoms with Gasteiger partial charge in [0.2, 0.25) is 5.82 Å². The van der Waals surface area contributed by atoms with Crippen LogP contribution in [0.3, 0.4) is 0 Å². The molecule has 1 saturated carbocycles. The molecule has 1 fully saturated rings. The van der Waals surface area contributed by atoms with Crippen LogP contribution in [0.2, 0.25) is 0 Å². The van der Waals surface area contributed by atoms with Gasteiger partial charge in [-0.1, -0.05) is 30.5 Å². The maximum absolute atomic E-state index is 13.1. The molecule has 2 heterocycles. The zero-order valence-corrected chi connectivity index (χ0v) is 23.6. The summed E-state index contributed by atoms with van der Waals surface area (Å²) in [5, 5.41) is 18.8. The number of nitrogens with one attached hydrogen (secondary N) is 1. The minimum atomic E-state index is -0.191. The fourth-order valence-electron chi connectivity index (χ4n) is 4.59. The van der Waals surface area contributed by atoms with Crippen molar-refractivity contribution >= 4 is 22.9 Å². The molecule has 1 aliphatic rings. The number of carbonyl (C=O) groups is 1. The monoisotopic (exact) mass is 560 g/mol. The number of nitrogens with zero attached hydrogens (tertiary/aromatic N) is 5. The van der Waals surface area contributed by atoms with Crippen molar-refractivity contribution in [2.24, 2.45) is 0 Å². The Bertz CT molecular complexity index is 1740. The first-order chi connectivity index (χ1) is 20.1. The molecule has 1 aliphatic carbocycles. The molecule has 0 spiro atoms. The number of thiazole rings is 1. The molecule has 0 bridgehead atoms. The molecular formula is C32H28N6O2S. The lowest BCUT2D eigenvalue weighted by Gasteiger charge is -2.22. The number of carbonyl (C=O) groups excluding carboxylic acids is 1. The van der Waals surface area contributed by atoms with E-state index >= 15 is 0 Å². The molecule has 6 rings (SSSR count). The SMILES string of the molecule is COc1ccc(Cn2nnc(-c3ccc(NC(=O)c4cccc(C#Cc5nc(C6CCC6)cs5)c4C)cc3)n2)cc1. The van der Waals surface area contributed by atoms with E-state index in [2.05, 4.69) is 37.9 Å². The Morgan fingerprint density at radius 2 is 1.88 bits per heavy atom. The summed E-state index contributed by atoms with van der Waals surface area (Å²) in [5.41, 5.74) is 5.92. The van der Waals surface area contributed by atoms with Gasteiger partial charge in [0.1, 0.15) is 5.75 Å². The number of amides is 1. The number of methoxy groups -OCH3 is 1. The summed E-state index contributed by atoms with van der Waals surface area (Å²) >= 11 is 1.58. The van der Waals surface area contributed by atoms with Gasteiger partial charge in [0, 0.05) is 33.7 Å². The van der Waals surface area contributed by atoms with Crippen molar-refractivity contribution in [2.75, 3.05) is 12.4 Å². The molecule has 5 aromatic rings.